The predicted molar refractivity (Wildman–Crippen MR) is 87.7 cm³/mol. The number of carbonyl (C=O) groups is 2. The SMILES string of the molecule is O=C(NCC(=O)c1ncc(Br)cc1Br)c1ccccc1C(F)(F)F. The molecule has 126 valence electrons. The van der Waals surface area contributed by atoms with Crippen molar-refractivity contribution in [1.82, 2.24) is 10.3 Å². The number of nitrogens with one attached hydrogen (secondary N) is 1. The third-order valence-corrected chi connectivity index (χ3v) is 4.00. The maximum Gasteiger partial charge on any atom is 0.417 e. The molecule has 4 nitrogen and oxygen atoms in total. The van der Waals surface area contributed by atoms with Crippen molar-refractivity contribution in [3.05, 3.63) is 62.3 Å². The second kappa shape index (κ2) is 7.43. The van der Waals surface area contributed by atoms with E-state index in [2.05, 4.69) is 42.2 Å². The highest BCUT2D eigenvalue weighted by Gasteiger charge is 2.34. The van der Waals surface area contributed by atoms with Crippen LogP contribution in [0, 0.1) is 0 Å². The molecule has 1 heterocycles. The Morgan fingerprint density at radius 3 is 2.46 bits per heavy atom. The molecule has 0 aliphatic carbocycles. The van der Waals surface area contributed by atoms with Gasteiger partial charge in [-0.05, 0) is 50.1 Å². The van der Waals surface area contributed by atoms with E-state index < -0.39 is 35.5 Å². The van der Waals surface area contributed by atoms with Crippen LogP contribution in [0.5, 0.6) is 0 Å². The van der Waals surface area contributed by atoms with Crippen molar-refractivity contribution in [3.63, 3.8) is 0 Å². The standard InChI is InChI=1S/C15H9Br2F3N2O2/c16-8-5-11(17)13(21-6-8)12(23)7-22-14(24)9-3-1-2-4-10(9)15(18,19)20/h1-6H,7H2,(H,22,24). The van der Waals surface area contributed by atoms with Gasteiger partial charge in [0.05, 0.1) is 17.7 Å². The Balaban J connectivity index is 2.13. The van der Waals surface area contributed by atoms with Gasteiger partial charge in [0.2, 0.25) is 5.78 Å². The first kappa shape index (κ1) is 18.6. The van der Waals surface area contributed by atoms with Gasteiger partial charge in [-0.25, -0.2) is 0 Å². The van der Waals surface area contributed by atoms with E-state index in [0.29, 0.717) is 8.95 Å². The summed E-state index contributed by atoms with van der Waals surface area (Å²) in [7, 11) is 0. The normalized spacial score (nSPS) is 11.2. The number of aromatic nitrogens is 1. The van der Waals surface area contributed by atoms with Crippen molar-refractivity contribution in [2.24, 2.45) is 0 Å². The molecule has 0 unspecified atom stereocenters. The van der Waals surface area contributed by atoms with Crippen molar-refractivity contribution in [2.45, 2.75) is 6.18 Å². The third kappa shape index (κ3) is 4.41. The highest BCUT2D eigenvalue weighted by molar-refractivity contribution is 9.11. The van der Waals surface area contributed by atoms with Crippen molar-refractivity contribution in [3.8, 4) is 0 Å². The molecule has 0 atom stereocenters. The minimum Gasteiger partial charge on any atom is -0.344 e. The van der Waals surface area contributed by atoms with E-state index in [4.69, 9.17) is 0 Å². The number of hydrogen-bond acceptors (Lipinski definition) is 3. The summed E-state index contributed by atoms with van der Waals surface area (Å²) in [4.78, 5) is 27.9. The fraction of sp³-hybridized carbons (Fsp3) is 0.133. The van der Waals surface area contributed by atoms with Gasteiger partial charge in [0.25, 0.3) is 5.91 Å². The number of alkyl halides is 3. The van der Waals surface area contributed by atoms with Gasteiger partial charge in [-0.1, -0.05) is 12.1 Å². The van der Waals surface area contributed by atoms with Crippen LogP contribution in [-0.4, -0.2) is 23.2 Å². The molecule has 24 heavy (non-hydrogen) atoms. The number of pyridine rings is 1. The monoisotopic (exact) mass is 464 g/mol. The fourth-order valence-electron chi connectivity index (χ4n) is 1.89. The number of halogens is 5. The maximum absolute atomic E-state index is 12.9. The van der Waals surface area contributed by atoms with E-state index in [9.17, 15) is 22.8 Å². The molecule has 0 fully saturated rings. The smallest absolute Gasteiger partial charge is 0.344 e. The Hall–Kier alpha value is -1.74. The van der Waals surface area contributed by atoms with Crippen LogP contribution in [0.25, 0.3) is 0 Å². The second-order valence-corrected chi connectivity index (χ2v) is 6.40. The van der Waals surface area contributed by atoms with Crippen LogP contribution in [-0.2, 0) is 6.18 Å². The molecular formula is C15H9Br2F3N2O2. The predicted octanol–water partition coefficient (Wildman–Crippen LogP) is 4.24. The lowest BCUT2D eigenvalue weighted by Crippen LogP contribution is -2.31. The fourth-order valence-corrected chi connectivity index (χ4v) is 3.10. The molecular weight excluding hydrogens is 457 g/mol. The Morgan fingerprint density at radius 1 is 1.17 bits per heavy atom. The van der Waals surface area contributed by atoms with Crippen LogP contribution in [0.2, 0.25) is 0 Å². The molecule has 0 bridgehead atoms. The number of nitrogens with zero attached hydrogens (tertiary/aromatic N) is 1. The Morgan fingerprint density at radius 2 is 1.83 bits per heavy atom. The number of Topliss-reactive ketones (excluding diaryl/α,β-unsaturated/α-hetero) is 1. The third-order valence-electron chi connectivity index (χ3n) is 2.96. The summed E-state index contributed by atoms with van der Waals surface area (Å²) < 4.78 is 39.7. The van der Waals surface area contributed by atoms with Gasteiger partial charge < -0.3 is 5.32 Å². The molecule has 0 saturated heterocycles. The Labute approximate surface area is 151 Å². The van der Waals surface area contributed by atoms with E-state index in [1.165, 1.54) is 18.3 Å². The summed E-state index contributed by atoms with van der Waals surface area (Å²) in [6.45, 7) is -0.474. The molecule has 1 aromatic heterocycles. The van der Waals surface area contributed by atoms with Gasteiger partial charge in [0, 0.05) is 15.1 Å². The van der Waals surface area contributed by atoms with Crippen molar-refractivity contribution in [1.29, 1.82) is 0 Å². The zero-order chi connectivity index (χ0) is 17.9. The highest BCUT2D eigenvalue weighted by atomic mass is 79.9. The van der Waals surface area contributed by atoms with Gasteiger partial charge >= 0.3 is 6.18 Å². The van der Waals surface area contributed by atoms with Crippen LogP contribution in [0.1, 0.15) is 26.4 Å². The van der Waals surface area contributed by atoms with E-state index in [1.54, 1.807) is 6.07 Å². The van der Waals surface area contributed by atoms with E-state index in [1.807, 2.05) is 0 Å². The van der Waals surface area contributed by atoms with Gasteiger partial charge in [-0.3, -0.25) is 14.6 Å². The summed E-state index contributed by atoms with van der Waals surface area (Å²) in [6.07, 6.45) is -3.26. The van der Waals surface area contributed by atoms with Crippen molar-refractivity contribution < 1.29 is 22.8 Å². The summed E-state index contributed by atoms with van der Waals surface area (Å²) in [6, 6.07) is 5.97. The number of carbonyl (C=O) groups excluding carboxylic acids is 2. The molecule has 1 N–H and O–H groups in total. The van der Waals surface area contributed by atoms with Crippen molar-refractivity contribution >= 4 is 43.6 Å². The number of benzene rings is 1. The average molecular weight is 466 g/mol. The average Bonchev–Trinajstić information content (AvgIpc) is 2.51. The lowest BCUT2D eigenvalue weighted by Gasteiger charge is -2.12. The lowest BCUT2D eigenvalue weighted by atomic mass is 10.1. The van der Waals surface area contributed by atoms with Crippen LogP contribution in [0.15, 0.2) is 45.5 Å². The Kier molecular flexibility index (Phi) is 5.76. The maximum atomic E-state index is 12.9. The van der Waals surface area contributed by atoms with Crippen LogP contribution < -0.4 is 5.32 Å². The number of rotatable bonds is 4. The molecule has 2 aromatic rings. The molecule has 0 aliphatic heterocycles. The molecule has 0 spiro atoms. The molecule has 2 rings (SSSR count). The first-order valence-electron chi connectivity index (χ1n) is 6.49. The molecule has 1 aromatic carbocycles. The first-order valence-corrected chi connectivity index (χ1v) is 8.07. The zero-order valence-corrected chi connectivity index (χ0v) is 15.0. The van der Waals surface area contributed by atoms with E-state index >= 15 is 0 Å². The van der Waals surface area contributed by atoms with Gasteiger partial charge in [-0.2, -0.15) is 13.2 Å². The van der Waals surface area contributed by atoms with Gasteiger partial charge in [0.15, 0.2) is 0 Å². The summed E-state index contributed by atoms with van der Waals surface area (Å²) >= 11 is 6.35. The summed E-state index contributed by atoms with van der Waals surface area (Å²) in [5, 5.41) is 2.19. The number of hydrogen-bond donors (Lipinski definition) is 1. The molecule has 1 amide bonds. The number of ketones is 1. The van der Waals surface area contributed by atoms with Crippen LogP contribution in [0.4, 0.5) is 13.2 Å². The lowest BCUT2D eigenvalue weighted by molar-refractivity contribution is -0.137. The molecule has 0 saturated carbocycles. The molecule has 0 radical (unpaired) electrons. The number of amides is 1. The molecule has 0 aliphatic rings. The van der Waals surface area contributed by atoms with E-state index in [-0.39, 0.29) is 5.69 Å². The molecule has 9 heteroatoms. The largest absolute Gasteiger partial charge is 0.417 e. The van der Waals surface area contributed by atoms with Crippen molar-refractivity contribution in [2.75, 3.05) is 6.54 Å². The highest BCUT2D eigenvalue weighted by Crippen LogP contribution is 2.31. The van der Waals surface area contributed by atoms with Gasteiger partial charge in [-0.15, -0.1) is 0 Å². The second-order valence-electron chi connectivity index (χ2n) is 4.63. The van der Waals surface area contributed by atoms with Gasteiger partial charge in [0.1, 0.15) is 5.69 Å². The Bertz CT molecular complexity index is 795. The van der Waals surface area contributed by atoms with Crippen LogP contribution in [0.3, 0.4) is 0 Å². The summed E-state index contributed by atoms with van der Waals surface area (Å²) in [5.41, 5.74) is -1.53. The van der Waals surface area contributed by atoms with E-state index in [0.717, 1.165) is 12.1 Å². The quantitative estimate of drug-likeness (QED) is 0.687. The first-order chi connectivity index (χ1) is 11.2. The minimum atomic E-state index is -4.66. The topological polar surface area (TPSA) is 59.1 Å². The summed E-state index contributed by atoms with van der Waals surface area (Å²) in [5.74, 6) is -1.52. The minimum absolute atomic E-state index is 0.0719. The zero-order valence-electron chi connectivity index (χ0n) is 11.8. The van der Waals surface area contributed by atoms with Crippen LogP contribution >= 0.6 is 31.9 Å².